The van der Waals surface area contributed by atoms with Gasteiger partial charge in [0.25, 0.3) is 0 Å². The smallest absolute Gasteiger partial charge is 0.162 e. The van der Waals surface area contributed by atoms with Crippen molar-refractivity contribution in [3.8, 4) is 22.3 Å². The molecule has 0 saturated carbocycles. The van der Waals surface area contributed by atoms with Gasteiger partial charge in [0.15, 0.2) is 5.65 Å². The second-order valence-electron chi connectivity index (χ2n) is 5.03. The lowest BCUT2D eigenvalue weighted by molar-refractivity contribution is 0.628. The highest BCUT2D eigenvalue weighted by Crippen LogP contribution is 2.28. The van der Waals surface area contributed by atoms with Crippen LogP contribution < -0.4 is 0 Å². The van der Waals surface area contributed by atoms with Crippen LogP contribution >= 0.6 is 11.6 Å². The molecular formula is C17H10ClFN4. The van der Waals surface area contributed by atoms with Gasteiger partial charge in [-0.15, -0.1) is 0 Å². The van der Waals surface area contributed by atoms with Gasteiger partial charge in [0.1, 0.15) is 5.82 Å². The number of fused-ring (bicyclic) bond motifs is 1. The third-order valence-corrected chi connectivity index (χ3v) is 3.89. The first kappa shape index (κ1) is 13.8. The van der Waals surface area contributed by atoms with Crippen LogP contribution in [0.25, 0.3) is 27.9 Å². The summed E-state index contributed by atoms with van der Waals surface area (Å²) in [7, 11) is 0. The van der Waals surface area contributed by atoms with E-state index in [9.17, 15) is 4.39 Å². The molecule has 4 rings (SSSR count). The van der Waals surface area contributed by atoms with Crippen LogP contribution in [0.15, 0.2) is 61.3 Å². The summed E-state index contributed by atoms with van der Waals surface area (Å²) in [5, 5.41) is 4.41. The summed E-state index contributed by atoms with van der Waals surface area (Å²) in [4.78, 5) is 8.50. The molecule has 0 aliphatic heterocycles. The first-order valence-electron chi connectivity index (χ1n) is 6.91. The minimum atomic E-state index is -0.445. The minimum Gasteiger partial charge on any atom is -0.265 e. The summed E-state index contributed by atoms with van der Waals surface area (Å²) < 4.78 is 15.0. The monoisotopic (exact) mass is 324 g/mol. The van der Waals surface area contributed by atoms with Crippen molar-refractivity contribution >= 4 is 17.2 Å². The van der Waals surface area contributed by atoms with Gasteiger partial charge in [0, 0.05) is 35.9 Å². The molecule has 3 aromatic heterocycles. The lowest BCUT2D eigenvalue weighted by atomic mass is 10.1. The maximum absolute atomic E-state index is 13.3. The van der Waals surface area contributed by atoms with Crippen LogP contribution in [0, 0.1) is 5.82 Å². The molecule has 6 heteroatoms. The Morgan fingerprint density at radius 1 is 0.957 bits per heavy atom. The van der Waals surface area contributed by atoms with Crippen molar-refractivity contribution in [3.63, 3.8) is 0 Å². The van der Waals surface area contributed by atoms with Crippen molar-refractivity contribution in [2.45, 2.75) is 0 Å². The fourth-order valence-corrected chi connectivity index (χ4v) is 2.62. The predicted molar refractivity (Wildman–Crippen MR) is 86.6 cm³/mol. The minimum absolute atomic E-state index is 0.0789. The predicted octanol–water partition coefficient (Wildman–Crippen LogP) is 4.25. The van der Waals surface area contributed by atoms with Crippen molar-refractivity contribution in [2.75, 3.05) is 0 Å². The first-order valence-corrected chi connectivity index (χ1v) is 7.29. The Morgan fingerprint density at radius 3 is 2.57 bits per heavy atom. The van der Waals surface area contributed by atoms with E-state index >= 15 is 0 Å². The number of hydrogen-bond donors (Lipinski definition) is 0. The van der Waals surface area contributed by atoms with Gasteiger partial charge in [-0.1, -0.05) is 17.7 Å². The lowest BCUT2D eigenvalue weighted by Gasteiger charge is -2.03. The molecule has 0 aliphatic carbocycles. The fraction of sp³-hybridized carbons (Fsp3) is 0. The molecule has 23 heavy (non-hydrogen) atoms. The molecule has 0 radical (unpaired) electrons. The zero-order valence-electron chi connectivity index (χ0n) is 11.8. The Bertz CT molecular complexity index is 998. The Balaban J connectivity index is 1.83. The normalized spacial score (nSPS) is 11.0. The average molecular weight is 325 g/mol. The zero-order valence-corrected chi connectivity index (χ0v) is 12.6. The molecule has 0 N–H and O–H groups in total. The third kappa shape index (κ3) is 2.45. The summed E-state index contributed by atoms with van der Waals surface area (Å²) in [6, 6.07) is 8.40. The van der Waals surface area contributed by atoms with Crippen LogP contribution in [-0.2, 0) is 0 Å². The van der Waals surface area contributed by atoms with Crippen molar-refractivity contribution in [1.82, 2.24) is 19.6 Å². The van der Waals surface area contributed by atoms with E-state index in [0.29, 0.717) is 5.65 Å². The van der Waals surface area contributed by atoms with Crippen LogP contribution in [0.4, 0.5) is 4.39 Å². The summed E-state index contributed by atoms with van der Waals surface area (Å²) in [5.74, 6) is -0.445. The van der Waals surface area contributed by atoms with E-state index in [0.717, 1.165) is 22.3 Å². The molecule has 0 amide bonds. The summed E-state index contributed by atoms with van der Waals surface area (Å²) in [6.07, 6.45) is 8.83. The van der Waals surface area contributed by atoms with E-state index in [2.05, 4.69) is 15.1 Å². The maximum atomic E-state index is 13.3. The molecule has 0 unspecified atom stereocenters. The third-order valence-electron chi connectivity index (χ3n) is 3.60. The molecule has 4 nitrogen and oxygen atoms in total. The molecule has 1 aromatic carbocycles. The van der Waals surface area contributed by atoms with Crippen molar-refractivity contribution in [3.05, 3.63) is 72.2 Å². The number of aromatic nitrogens is 4. The largest absolute Gasteiger partial charge is 0.265 e. The Labute approximate surface area is 136 Å². The van der Waals surface area contributed by atoms with Crippen molar-refractivity contribution in [2.24, 2.45) is 0 Å². The highest BCUT2D eigenvalue weighted by Gasteiger charge is 2.11. The molecule has 0 fully saturated rings. The first-order chi connectivity index (χ1) is 11.2. The quantitative estimate of drug-likeness (QED) is 0.553. The average Bonchev–Trinajstić information content (AvgIpc) is 3.01. The molecule has 0 bridgehead atoms. The van der Waals surface area contributed by atoms with Crippen LogP contribution in [0.5, 0.6) is 0 Å². The highest BCUT2D eigenvalue weighted by atomic mass is 35.5. The maximum Gasteiger partial charge on any atom is 0.162 e. The number of hydrogen-bond acceptors (Lipinski definition) is 3. The molecule has 3 heterocycles. The number of benzene rings is 1. The number of rotatable bonds is 2. The lowest BCUT2D eigenvalue weighted by Crippen LogP contribution is -1.92. The molecule has 0 saturated heterocycles. The Kier molecular flexibility index (Phi) is 3.28. The van der Waals surface area contributed by atoms with E-state index < -0.39 is 5.82 Å². The highest BCUT2D eigenvalue weighted by molar-refractivity contribution is 6.31. The van der Waals surface area contributed by atoms with Gasteiger partial charge in [-0.2, -0.15) is 5.10 Å². The summed E-state index contributed by atoms with van der Waals surface area (Å²) >= 11 is 5.86. The zero-order chi connectivity index (χ0) is 15.8. The molecule has 0 aliphatic rings. The van der Waals surface area contributed by atoms with E-state index in [1.807, 2.05) is 18.3 Å². The van der Waals surface area contributed by atoms with Gasteiger partial charge in [-0.25, -0.2) is 13.9 Å². The Morgan fingerprint density at radius 2 is 1.78 bits per heavy atom. The standard InChI is InChI=1S/C17H10ClFN4/c18-15-7-12(1-2-16(15)19)14-9-22-23-10-13(8-21-17(14)23)11-3-5-20-6-4-11/h1-10H. The van der Waals surface area contributed by atoms with Crippen molar-refractivity contribution in [1.29, 1.82) is 0 Å². The van der Waals surface area contributed by atoms with Crippen LogP contribution in [0.2, 0.25) is 5.02 Å². The van der Waals surface area contributed by atoms with Gasteiger partial charge in [0.2, 0.25) is 0 Å². The summed E-state index contributed by atoms with van der Waals surface area (Å²) in [6.45, 7) is 0. The molecular weight excluding hydrogens is 315 g/mol. The van der Waals surface area contributed by atoms with Gasteiger partial charge >= 0.3 is 0 Å². The topological polar surface area (TPSA) is 43.1 Å². The SMILES string of the molecule is Fc1ccc(-c2cnn3cc(-c4ccncc4)cnc23)cc1Cl. The molecule has 4 aromatic rings. The van der Waals surface area contributed by atoms with Crippen LogP contribution in [0.1, 0.15) is 0 Å². The Hall–Kier alpha value is -2.79. The van der Waals surface area contributed by atoms with Gasteiger partial charge < -0.3 is 0 Å². The second kappa shape index (κ2) is 5.44. The van der Waals surface area contributed by atoms with E-state index in [1.54, 1.807) is 41.4 Å². The van der Waals surface area contributed by atoms with Crippen LogP contribution in [0.3, 0.4) is 0 Å². The molecule has 0 atom stereocenters. The summed E-state index contributed by atoms with van der Waals surface area (Å²) in [5.41, 5.74) is 4.21. The number of nitrogens with zero attached hydrogens (tertiary/aromatic N) is 4. The van der Waals surface area contributed by atoms with E-state index in [1.165, 1.54) is 6.07 Å². The van der Waals surface area contributed by atoms with E-state index in [4.69, 9.17) is 11.6 Å². The molecule has 112 valence electrons. The van der Waals surface area contributed by atoms with Gasteiger partial charge in [-0.3, -0.25) is 4.98 Å². The number of halogens is 2. The van der Waals surface area contributed by atoms with Gasteiger partial charge in [-0.05, 0) is 35.4 Å². The van der Waals surface area contributed by atoms with Crippen molar-refractivity contribution < 1.29 is 4.39 Å². The van der Waals surface area contributed by atoms with Gasteiger partial charge in [0.05, 0.1) is 11.2 Å². The van der Waals surface area contributed by atoms with Crippen LogP contribution in [-0.4, -0.2) is 19.6 Å². The molecule has 0 spiro atoms. The fourth-order valence-electron chi connectivity index (χ4n) is 2.44. The second-order valence-corrected chi connectivity index (χ2v) is 5.44. The number of pyridine rings is 1. The van der Waals surface area contributed by atoms with E-state index in [-0.39, 0.29) is 5.02 Å².